The highest BCUT2D eigenvalue weighted by molar-refractivity contribution is 5.80. The fourth-order valence-corrected chi connectivity index (χ4v) is 9.18. The van der Waals surface area contributed by atoms with Crippen molar-refractivity contribution in [3.63, 3.8) is 0 Å². The smallest absolute Gasteiger partial charge is 0.341 e. The Balaban J connectivity index is 1.29. The SMILES string of the molecule is CCCCCCCCCCOc1cc(COc2cc(OCc3cc(OCCCCCCCCCC)cc(OCC(=O)O)c3)cc(-c3c(OCCCc4cn(C[C]5[CH][CH][CH][CH]5)nn4)cc(CO)cc3OCC(=O)O)c2)cc(OCC(=O)O)c1. The van der Waals surface area contributed by atoms with E-state index in [-0.39, 0.29) is 42.8 Å². The number of aromatic nitrogens is 3. The van der Waals surface area contributed by atoms with Gasteiger partial charge < -0.3 is 58.3 Å². The molecule has 18 heteroatoms. The molecule has 1 aromatic heterocycles. The van der Waals surface area contributed by atoms with Crippen LogP contribution in [0.3, 0.4) is 0 Å². The van der Waals surface area contributed by atoms with Crippen molar-refractivity contribution in [3.05, 3.63) is 127 Å². The Labute approximate surface area is 483 Å². The number of carboxylic acids is 3. The first-order chi connectivity index (χ1) is 40.0. The molecule has 0 saturated heterocycles. The van der Waals surface area contributed by atoms with Crippen LogP contribution < -0.4 is 37.9 Å². The molecule has 1 saturated carbocycles. The number of aliphatic carboxylic acids is 3. The molecule has 82 heavy (non-hydrogen) atoms. The molecule has 1 aliphatic rings. The van der Waals surface area contributed by atoms with Crippen molar-refractivity contribution >= 4 is 17.9 Å². The summed E-state index contributed by atoms with van der Waals surface area (Å²) in [6, 6.07) is 18.7. The minimum atomic E-state index is -1.22. The molecule has 0 bridgehead atoms. The van der Waals surface area contributed by atoms with E-state index >= 15 is 0 Å². The predicted octanol–water partition coefficient (Wildman–Crippen LogP) is 12.4. The number of aliphatic hydroxyl groups excluding tert-OH is 1. The number of unbranched alkanes of at least 4 members (excludes halogenated alkanes) is 14. The van der Waals surface area contributed by atoms with E-state index < -0.39 is 44.3 Å². The topological polar surface area (TPSA) is 237 Å². The summed E-state index contributed by atoms with van der Waals surface area (Å²) in [5.74, 6) is 0.211. The van der Waals surface area contributed by atoms with E-state index in [4.69, 9.17) is 37.9 Å². The Hall–Kier alpha value is -7.21. The van der Waals surface area contributed by atoms with Crippen LogP contribution in [0, 0.1) is 31.6 Å². The molecule has 6 rings (SSSR count). The van der Waals surface area contributed by atoms with Gasteiger partial charge in [0, 0.05) is 36.9 Å². The Morgan fingerprint density at radius 2 is 0.890 bits per heavy atom. The van der Waals surface area contributed by atoms with Gasteiger partial charge in [-0.25, -0.2) is 14.4 Å². The average molecular weight is 1130 g/mol. The van der Waals surface area contributed by atoms with Crippen LogP contribution in [0.2, 0.25) is 0 Å². The lowest BCUT2D eigenvalue weighted by atomic mass is 10.00. The number of carbonyl (C=O) groups is 3. The van der Waals surface area contributed by atoms with Gasteiger partial charge in [0.2, 0.25) is 0 Å². The first-order valence-corrected chi connectivity index (χ1v) is 28.9. The monoisotopic (exact) mass is 1130 g/mol. The number of rotatable bonds is 44. The first kappa shape index (κ1) is 64.0. The molecule has 0 aliphatic heterocycles. The van der Waals surface area contributed by atoms with E-state index in [1.807, 2.05) is 44.0 Å². The number of benzene rings is 4. The van der Waals surface area contributed by atoms with Gasteiger partial charge in [0.15, 0.2) is 19.8 Å². The third kappa shape index (κ3) is 24.1. The fourth-order valence-electron chi connectivity index (χ4n) is 9.18. The number of carboxylic acid groups (broad SMARTS) is 3. The van der Waals surface area contributed by atoms with Gasteiger partial charge in [-0.2, -0.15) is 0 Å². The highest BCUT2D eigenvalue weighted by atomic mass is 16.5. The van der Waals surface area contributed by atoms with Gasteiger partial charge in [-0.15, -0.1) is 5.10 Å². The summed E-state index contributed by atoms with van der Waals surface area (Å²) >= 11 is 0. The van der Waals surface area contributed by atoms with Crippen molar-refractivity contribution in [2.24, 2.45) is 0 Å². The third-order valence-corrected chi connectivity index (χ3v) is 13.3. The summed E-state index contributed by atoms with van der Waals surface area (Å²) in [5, 5.41) is 47.8. The molecular weight excluding hydrogens is 1050 g/mol. The van der Waals surface area contributed by atoms with Crippen LogP contribution in [0.15, 0.2) is 72.9 Å². The van der Waals surface area contributed by atoms with Crippen molar-refractivity contribution < 1.29 is 72.7 Å². The van der Waals surface area contributed by atoms with Crippen molar-refractivity contribution in [2.75, 3.05) is 39.6 Å². The first-order valence-electron chi connectivity index (χ1n) is 28.9. The summed E-state index contributed by atoms with van der Waals surface area (Å²) in [4.78, 5) is 35.2. The largest absolute Gasteiger partial charge is 0.493 e. The van der Waals surface area contributed by atoms with E-state index in [9.17, 15) is 34.8 Å². The lowest BCUT2D eigenvalue weighted by Gasteiger charge is -2.20. The Bertz CT molecular complexity index is 2590. The molecule has 0 unspecified atom stereocenters. The summed E-state index contributed by atoms with van der Waals surface area (Å²) in [7, 11) is 0. The van der Waals surface area contributed by atoms with Gasteiger partial charge in [0.05, 0.1) is 37.7 Å². The number of ether oxygens (including phenoxy) is 8. The van der Waals surface area contributed by atoms with E-state index in [2.05, 4.69) is 24.2 Å². The van der Waals surface area contributed by atoms with E-state index in [1.54, 1.807) is 59.3 Å². The molecule has 1 heterocycles. The third-order valence-electron chi connectivity index (χ3n) is 13.3. The second kappa shape index (κ2) is 36.3. The van der Waals surface area contributed by atoms with Gasteiger partial charge in [0.1, 0.15) is 59.2 Å². The van der Waals surface area contributed by atoms with Crippen LogP contribution in [-0.2, 0) is 47.2 Å². The van der Waals surface area contributed by atoms with Gasteiger partial charge in [0.25, 0.3) is 0 Å². The molecule has 0 amide bonds. The maximum atomic E-state index is 12.0. The molecule has 4 N–H and O–H groups in total. The number of hydrogen-bond donors (Lipinski definition) is 4. The average Bonchev–Trinajstić information content (AvgIpc) is 3.79. The predicted molar refractivity (Wildman–Crippen MR) is 309 cm³/mol. The molecule has 0 spiro atoms. The minimum Gasteiger partial charge on any atom is -0.493 e. The summed E-state index contributed by atoms with van der Waals surface area (Å²) in [5.41, 5.74) is 3.23. The zero-order valence-corrected chi connectivity index (χ0v) is 47.7. The molecule has 443 valence electrons. The number of aryl methyl sites for hydroxylation is 1. The highest BCUT2D eigenvalue weighted by Gasteiger charge is 2.21. The van der Waals surface area contributed by atoms with E-state index in [0.717, 1.165) is 50.1 Å². The molecule has 5 radical (unpaired) electrons. The lowest BCUT2D eigenvalue weighted by Crippen LogP contribution is -2.11. The second-order valence-corrected chi connectivity index (χ2v) is 20.4. The van der Waals surface area contributed by atoms with Crippen LogP contribution in [0.1, 0.15) is 145 Å². The Morgan fingerprint density at radius 3 is 1.37 bits per heavy atom. The molecule has 18 nitrogen and oxygen atoms in total. The molecular formula is C64H82N3O15. The Kier molecular flexibility index (Phi) is 28.3. The maximum absolute atomic E-state index is 12.0. The van der Waals surface area contributed by atoms with Crippen LogP contribution in [0.4, 0.5) is 0 Å². The van der Waals surface area contributed by atoms with Gasteiger partial charge >= 0.3 is 17.9 Å². The molecule has 1 fully saturated rings. The quantitative estimate of drug-likeness (QED) is 0.0265. The van der Waals surface area contributed by atoms with Crippen LogP contribution in [0.25, 0.3) is 11.1 Å². The number of aliphatic hydroxyl groups is 1. The van der Waals surface area contributed by atoms with Gasteiger partial charge in [-0.05, 0) is 122 Å². The number of hydrogen-bond acceptors (Lipinski definition) is 14. The normalized spacial score (nSPS) is 12.3. The summed E-state index contributed by atoms with van der Waals surface area (Å²) in [6.45, 7) is 3.84. The van der Waals surface area contributed by atoms with E-state index in [0.29, 0.717) is 83.4 Å². The zero-order chi connectivity index (χ0) is 58.2. The molecule has 4 aromatic carbocycles. The van der Waals surface area contributed by atoms with Crippen molar-refractivity contribution in [2.45, 2.75) is 156 Å². The van der Waals surface area contributed by atoms with Gasteiger partial charge in [-0.3, -0.25) is 4.68 Å². The summed E-state index contributed by atoms with van der Waals surface area (Å²) in [6.07, 6.45) is 29.2. The zero-order valence-electron chi connectivity index (χ0n) is 47.7. The molecule has 5 aromatic rings. The van der Waals surface area contributed by atoms with E-state index in [1.165, 1.54) is 64.2 Å². The van der Waals surface area contributed by atoms with Gasteiger partial charge in [-0.1, -0.05) is 109 Å². The molecule has 1 aliphatic carbocycles. The standard InChI is InChI=1S/C64H82N3O15/c1-3-5-7-9-11-13-15-19-25-75-53-28-49(30-55(36-53)80-44-61(69)70)42-78-57-34-51(35-58(38-57)79-43-50-29-54(37-56(31-50)81-45-62(71)72)76-26-20-16-14-12-10-8-6-4-2)64-59(32-48(41-68)33-60(64)82-46-63(73)74)77-27-21-24-52-40-67(66-65-52)39-47-22-17-18-23-47/h17-18,22-23,28-38,40,68H,3-16,19-21,24-27,39,41-46H2,1-2H3,(H,69,70)(H,71,72)(H,73,74). The minimum absolute atomic E-state index is 0.0314. The summed E-state index contributed by atoms with van der Waals surface area (Å²) < 4.78 is 50.9. The second-order valence-electron chi connectivity index (χ2n) is 20.4. The van der Waals surface area contributed by atoms with Crippen LogP contribution >= 0.6 is 0 Å². The molecule has 0 atom stereocenters. The maximum Gasteiger partial charge on any atom is 0.341 e. The fraction of sp³-hybridized carbons (Fsp3) is 0.469. The van der Waals surface area contributed by atoms with Crippen LogP contribution in [0.5, 0.6) is 46.0 Å². The van der Waals surface area contributed by atoms with Crippen molar-refractivity contribution in [1.29, 1.82) is 0 Å². The number of nitrogens with zero attached hydrogens (tertiary/aromatic N) is 3. The van der Waals surface area contributed by atoms with Crippen LogP contribution in [-0.4, -0.2) is 93.0 Å². The lowest BCUT2D eigenvalue weighted by molar-refractivity contribution is -0.140. The van der Waals surface area contributed by atoms with Crippen molar-refractivity contribution in [3.8, 4) is 57.1 Å². The Morgan fingerprint density at radius 1 is 0.463 bits per heavy atom. The highest BCUT2D eigenvalue weighted by Crippen LogP contribution is 2.43. The van der Waals surface area contributed by atoms with Crippen molar-refractivity contribution in [1.82, 2.24) is 15.0 Å².